The normalized spacial score (nSPS) is 19.3. The lowest BCUT2D eigenvalue weighted by atomic mass is 10.1. The van der Waals surface area contributed by atoms with Gasteiger partial charge < -0.3 is 19.8 Å². The van der Waals surface area contributed by atoms with Gasteiger partial charge in [-0.1, -0.05) is 0 Å². The van der Waals surface area contributed by atoms with Crippen LogP contribution in [0.2, 0.25) is 0 Å². The second-order valence-corrected chi connectivity index (χ2v) is 3.82. The van der Waals surface area contributed by atoms with Crippen molar-refractivity contribution in [1.82, 2.24) is 4.90 Å². The average Bonchev–Trinajstić information content (AvgIpc) is 2.25. The molecule has 1 saturated heterocycles. The number of likely N-dealkylation sites (tertiary alicyclic amines) is 1. The van der Waals surface area contributed by atoms with Gasteiger partial charge in [0.1, 0.15) is 6.61 Å². The van der Waals surface area contributed by atoms with E-state index in [0.29, 0.717) is 0 Å². The Morgan fingerprint density at radius 2 is 2.07 bits per heavy atom. The first kappa shape index (κ1) is 12.4. The summed E-state index contributed by atoms with van der Waals surface area (Å²) in [5, 5.41) is 17.1. The number of hydrogen-bond acceptors (Lipinski definition) is 4. The number of carboxylic acids is 1. The Bertz CT molecular complexity index is 190. The fourth-order valence-electron chi connectivity index (χ4n) is 1.78. The summed E-state index contributed by atoms with van der Waals surface area (Å²) in [7, 11) is 0. The van der Waals surface area contributed by atoms with Crippen molar-refractivity contribution in [2.45, 2.75) is 25.4 Å². The number of nitrogens with zero attached hydrogens (tertiary/aromatic N) is 1. The second-order valence-electron chi connectivity index (χ2n) is 3.82. The summed E-state index contributed by atoms with van der Waals surface area (Å²) >= 11 is 0. The summed E-state index contributed by atoms with van der Waals surface area (Å²) in [4.78, 5) is 12.6. The molecule has 15 heavy (non-hydrogen) atoms. The Morgan fingerprint density at radius 3 is 2.60 bits per heavy atom. The maximum Gasteiger partial charge on any atom is 0.329 e. The summed E-state index contributed by atoms with van der Waals surface area (Å²) in [5.74, 6) is -0.905. The van der Waals surface area contributed by atoms with Gasteiger partial charge >= 0.3 is 5.97 Å². The number of rotatable bonds is 6. The zero-order chi connectivity index (χ0) is 11.1. The predicted molar refractivity (Wildman–Crippen MR) is 54.8 cm³/mol. The number of piperidine rings is 1. The topological polar surface area (TPSA) is 70.0 Å². The molecule has 5 nitrogen and oxygen atoms in total. The van der Waals surface area contributed by atoms with Gasteiger partial charge in [0.25, 0.3) is 0 Å². The second kappa shape index (κ2) is 6.76. The van der Waals surface area contributed by atoms with E-state index in [4.69, 9.17) is 14.9 Å². The van der Waals surface area contributed by atoms with Crippen LogP contribution in [0.5, 0.6) is 0 Å². The summed E-state index contributed by atoms with van der Waals surface area (Å²) in [6, 6.07) is 0. The van der Waals surface area contributed by atoms with E-state index in [2.05, 4.69) is 4.90 Å². The predicted octanol–water partition coefficient (Wildman–Crippen LogP) is -0.0656. The average molecular weight is 217 g/mol. The van der Waals surface area contributed by atoms with Crippen LogP contribution >= 0.6 is 0 Å². The van der Waals surface area contributed by atoms with Crippen LogP contribution in [-0.2, 0) is 9.53 Å². The van der Waals surface area contributed by atoms with Crippen molar-refractivity contribution in [3.05, 3.63) is 0 Å². The Balaban J connectivity index is 2.09. The van der Waals surface area contributed by atoms with Crippen molar-refractivity contribution in [3.8, 4) is 0 Å². The highest BCUT2D eigenvalue weighted by Crippen LogP contribution is 2.13. The Kier molecular flexibility index (Phi) is 5.60. The fourth-order valence-corrected chi connectivity index (χ4v) is 1.78. The number of ether oxygens (including phenoxy) is 1. The van der Waals surface area contributed by atoms with Crippen LogP contribution in [0, 0.1) is 0 Å². The maximum absolute atomic E-state index is 10.3. The third-order valence-electron chi connectivity index (χ3n) is 2.61. The van der Waals surface area contributed by atoms with Gasteiger partial charge in [-0.25, -0.2) is 4.79 Å². The van der Waals surface area contributed by atoms with E-state index in [1.807, 2.05) is 0 Å². The van der Waals surface area contributed by atoms with Gasteiger partial charge in [-0.2, -0.15) is 0 Å². The van der Waals surface area contributed by atoms with E-state index >= 15 is 0 Å². The lowest BCUT2D eigenvalue weighted by Gasteiger charge is -2.31. The largest absolute Gasteiger partial charge is 0.480 e. The van der Waals surface area contributed by atoms with Crippen molar-refractivity contribution in [2.75, 3.05) is 32.8 Å². The van der Waals surface area contributed by atoms with Crippen LogP contribution in [0.1, 0.15) is 19.3 Å². The maximum atomic E-state index is 10.3. The standard InChI is InChI=1S/C10H19NO4/c12-7-1-4-11-5-2-9(3-6-11)15-8-10(13)14/h9,12H,1-8H2,(H,13,14). The summed E-state index contributed by atoms with van der Waals surface area (Å²) in [6.07, 6.45) is 2.67. The Labute approximate surface area is 89.6 Å². The molecule has 0 unspecified atom stereocenters. The van der Waals surface area contributed by atoms with Gasteiger partial charge in [0.05, 0.1) is 6.10 Å². The monoisotopic (exact) mass is 217 g/mol. The van der Waals surface area contributed by atoms with Gasteiger partial charge in [-0.3, -0.25) is 0 Å². The molecule has 5 heteroatoms. The molecular formula is C10H19NO4. The molecule has 2 N–H and O–H groups in total. The van der Waals surface area contributed by atoms with Crippen molar-refractivity contribution < 1.29 is 19.7 Å². The number of carboxylic acid groups (broad SMARTS) is 1. The van der Waals surface area contributed by atoms with Gasteiger partial charge in [0, 0.05) is 26.2 Å². The first-order valence-corrected chi connectivity index (χ1v) is 5.39. The van der Waals surface area contributed by atoms with Crippen molar-refractivity contribution in [2.24, 2.45) is 0 Å². The molecule has 0 aliphatic carbocycles. The Morgan fingerprint density at radius 1 is 1.40 bits per heavy atom. The van der Waals surface area contributed by atoms with Crippen LogP contribution in [0.25, 0.3) is 0 Å². The highest BCUT2D eigenvalue weighted by Gasteiger charge is 2.19. The SMILES string of the molecule is O=C(O)COC1CCN(CCCO)CC1. The highest BCUT2D eigenvalue weighted by atomic mass is 16.5. The third kappa shape index (κ3) is 5.11. The van der Waals surface area contributed by atoms with Gasteiger partial charge in [0.15, 0.2) is 0 Å². The van der Waals surface area contributed by atoms with Crippen LogP contribution < -0.4 is 0 Å². The number of carbonyl (C=O) groups is 1. The molecule has 0 radical (unpaired) electrons. The molecule has 0 saturated carbocycles. The van der Waals surface area contributed by atoms with Crippen LogP contribution in [-0.4, -0.2) is 60.0 Å². The third-order valence-corrected chi connectivity index (χ3v) is 2.61. The minimum atomic E-state index is -0.905. The summed E-state index contributed by atoms with van der Waals surface area (Å²) in [5.41, 5.74) is 0. The minimum Gasteiger partial charge on any atom is -0.480 e. The quantitative estimate of drug-likeness (QED) is 0.652. The van der Waals surface area contributed by atoms with Crippen molar-refractivity contribution in [3.63, 3.8) is 0 Å². The molecule has 1 fully saturated rings. The van der Waals surface area contributed by atoms with E-state index in [1.54, 1.807) is 0 Å². The molecule has 0 amide bonds. The number of hydrogen-bond donors (Lipinski definition) is 2. The Hall–Kier alpha value is -0.650. The van der Waals surface area contributed by atoms with Crippen LogP contribution in [0.4, 0.5) is 0 Å². The van der Waals surface area contributed by atoms with E-state index in [9.17, 15) is 4.79 Å². The minimum absolute atomic E-state index is 0.0893. The molecule has 0 atom stereocenters. The molecule has 0 aromatic carbocycles. The van der Waals surface area contributed by atoms with E-state index in [1.165, 1.54) is 0 Å². The lowest BCUT2D eigenvalue weighted by Crippen LogP contribution is -2.38. The fraction of sp³-hybridized carbons (Fsp3) is 0.900. The zero-order valence-electron chi connectivity index (χ0n) is 8.89. The van der Waals surface area contributed by atoms with Crippen LogP contribution in [0.15, 0.2) is 0 Å². The highest BCUT2D eigenvalue weighted by molar-refractivity contribution is 5.68. The van der Waals surface area contributed by atoms with E-state index in [-0.39, 0.29) is 19.3 Å². The smallest absolute Gasteiger partial charge is 0.329 e. The molecule has 0 spiro atoms. The van der Waals surface area contributed by atoms with Crippen molar-refractivity contribution in [1.29, 1.82) is 0 Å². The zero-order valence-corrected chi connectivity index (χ0v) is 8.89. The lowest BCUT2D eigenvalue weighted by molar-refractivity contribution is -0.145. The molecule has 0 aromatic rings. The van der Waals surface area contributed by atoms with Crippen molar-refractivity contribution >= 4 is 5.97 Å². The number of aliphatic hydroxyl groups excluding tert-OH is 1. The molecule has 1 aliphatic heterocycles. The first-order valence-electron chi connectivity index (χ1n) is 5.39. The molecule has 1 aliphatic rings. The van der Waals surface area contributed by atoms with E-state index < -0.39 is 5.97 Å². The number of aliphatic hydroxyl groups is 1. The van der Waals surface area contributed by atoms with Crippen LogP contribution in [0.3, 0.4) is 0 Å². The van der Waals surface area contributed by atoms with E-state index in [0.717, 1.165) is 38.9 Å². The molecule has 0 bridgehead atoms. The summed E-state index contributed by atoms with van der Waals surface area (Å²) in [6.45, 7) is 2.83. The van der Waals surface area contributed by atoms with Gasteiger partial charge in [-0.05, 0) is 19.3 Å². The van der Waals surface area contributed by atoms with Gasteiger partial charge in [0.2, 0.25) is 0 Å². The molecule has 1 rings (SSSR count). The summed E-state index contributed by atoms with van der Waals surface area (Å²) < 4.78 is 5.22. The molecular weight excluding hydrogens is 198 g/mol. The molecule has 0 aromatic heterocycles. The van der Waals surface area contributed by atoms with Gasteiger partial charge in [-0.15, -0.1) is 0 Å². The number of aliphatic carboxylic acids is 1. The molecule has 1 heterocycles. The molecule has 88 valence electrons. The first-order chi connectivity index (χ1) is 7.22.